The predicted molar refractivity (Wildman–Crippen MR) is 251 cm³/mol. The molecule has 0 spiro atoms. The number of hydrogen-bond acceptors (Lipinski definition) is 25. The maximum absolute atomic E-state index is 12.6. The Morgan fingerprint density at radius 2 is 0.873 bits per heavy atom. The van der Waals surface area contributed by atoms with Gasteiger partial charge in [-0.3, -0.25) is 19.2 Å². The van der Waals surface area contributed by atoms with Gasteiger partial charge in [-0.1, -0.05) is 30.7 Å². The standard InChI is InChI=1S/C6H10FN3O3.C5H8FN3O4.C5H6FN3O3.C5H8FN3O2.C4H6BrFO2.C4H6FN3O3.C3H6O2.C2H5N3O/c1-2-12-6(11)5(7)13-4-3-9-10-8;6-4(3(10)5(11)12)13-2-1-8-9-7;6-5(4(11)3-10)12-2-1-8-9-7;1-4(10)5(6)11-3-2-8-9-7;1-2-8-4(7)3(5)6;5-3(4(9)10)11-2-1-7-8-6;1-3(2)4-5-3;3-5-4-1-2-6/h5H,2-4H2,1H3;4-5,11-12H,1-2H2;3,5H,1-2H2;5H,2-3H2,1H3;3H,2H2,1H3;3H,1-2H2,(H,9,10);1-2H3;6H,1-2H2. The molecule has 0 radical (unpaired) electrons. The van der Waals surface area contributed by atoms with E-state index in [1.54, 1.807) is 13.8 Å². The molecule has 0 aromatic carbocycles. The first-order valence-electron chi connectivity index (χ1n) is 20.7. The number of aldehydes is 1. The fourth-order valence-corrected chi connectivity index (χ4v) is 2.52. The molecule has 45 heteroatoms. The molecule has 6 atom stereocenters. The van der Waals surface area contributed by atoms with E-state index in [4.69, 9.17) is 53.6 Å². The van der Waals surface area contributed by atoms with Crippen molar-refractivity contribution in [1.82, 2.24) is 0 Å². The Hall–Kier alpha value is -7.39. The highest BCUT2D eigenvalue weighted by Crippen LogP contribution is 2.26. The average Bonchev–Trinajstić information content (AvgIpc) is 4.13. The summed E-state index contributed by atoms with van der Waals surface area (Å²) >= 11 is 2.40. The van der Waals surface area contributed by atoms with Crippen LogP contribution in [0.25, 0.3) is 62.7 Å². The summed E-state index contributed by atoms with van der Waals surface area (Å²) < 4.78 is 103. The van der Waals surface area contributed by atoms with Gasteiger partial charge in [0.2, 0.25) is 17.9 Å². The molecule has 1 aliphatic rings. The number of aliphatic hydroxyl groups excluding tert-OH is 2. The van der Waals surface area contributed by atoms with Crippen molar-refractivity contribution in [3.8, 4) is 0 Å². The lowest BCUT2D eigenvalue weighted by Gasteiger charge is -2.08. The molecule has 0 amide bonds. The number of esters is 2. The van der Waals surface area contributed by atoms with E-state index < -0.39 is 78.4 Å². The molecular weight excluding hydrogens is 1170 g/mol. The van der Waals surface area contributed by atoms with Gasteiger partial charge >= 0.3 is 17.9 Å². The molecule has 0 saturated carbocycles. The third-order valence-corrected chi connectivity index (χ3v) is 5.92. The molecule has 1 aliphatic heterocycles. The van der Waals surface area contributed by atoms with Crippen LogP contribution in [0.2, 0.25) is 0 Å². The quantitative estimate of drug-likeness (QED) is 0.00550. The monoisotopic (exact) mass is 1230 g/mol. The maximum Gasteiger partial charge on any atom is 0.368 e. The van der Waals surface area contributed by atoms with Crippen molar-refractivity contribution in [1.29, 1.82) is 0 Å². The Labute approximate surface area is 449 Å². The Morgan fingerprint density at radius 1 is 0.570 bits per heavy atom. The summed E-state index contributed by atoms with van der Waals surface area (Å²) in [5.74, 6) is -7.33. The van der Waals surface area contributed by atoms with E-state index in [0.717, 1.165) is 6.92 Å². The molecule has 0 aromatic heterocycles. The van der Waals surface area contributed by atoms with Gasteiger partial charge in [-0.05, 0) is 76.8 Å². The first-order chi connectivity index (χ1) is 37.2. The Kier molecular flexibility index (Phi) is 68.4. The van der Waals surface area contributed by atoms with Crippen molar-refractivity contribution in [2.24, 2.45) is 30.7 Å². The van der Waals surface area contributed by atoms with Crippen molar-refractivity contribution in [3.05, 3.63) is 62.7 Å². The van der Waals surface area contributed by atoms with Crippen LogP contribution in [0.15, 0.2) is 30.7 Å². The number of carboxylic acid groups (broad SMARTS) is 1. The van der Waals surface area contributed by atoms with Crippen LogP contribution in [-0.4, -0.2) is 203 Å². The van der Waals surface area contributed by atoms with Crippen LogP contribution in [-0.2, 0) is 76.5 Å². The third kappa shape index (κ3) is 74.9. The first kappa shape index (κ1) is 85.5. The number of aliphatic carboxylic acids is 1. The van der Waals surface area contributed by atoms with E-state index in [1.807, 2.05) is 13.8 Å². The minimum absolute atomic E-state index is 0.0175. The molecule has 6 unspecified atom stereocenters. The summed E-state index contributed by atoms with van der Waals surface area (Å²) in [5, 5.41) is 48.8. The molecule has 1 fully saturated rings. The molecule has 1 rings (SSSR count). The summed E-state index contributed by atoms with van der Waals surface area (Å²) in [6.45, 7) is 7.11. The van der Waals surface area contributed by atoms with Crippen LogP contribution in [0.3, 0.4) is 0 Å². The zero-order valence-corrected chi connectivity index (χ0v) is 43.6. The molecule has 0 aliphatic carbocycles. The Morgan fingerprint density at radius 3 is 1.11 bits per heavy atom. The second kappa shape index (κ2) is 63.1. The number of azide groups is 6. The minimum Gasteiger partial charge on any atom is -0.477 e. The number of rotatable bonds is 32. The lowest BCUT2D eigenvalue weighted by atomic mass is 10.4. The number of Topliss-reactive ketones (excluding diaryl/α,β-unsaturated/α-hetero) is 3. The molecule has 0 bridgehead atoms. The van der Waals surface area contributed by atoms with Crippen LogP contribution in [0.1, 0.15) is 34.6 Å². The minimum atomic E-state index is -2.41. The summed E-state index contributed by atoms with van der Waals surface area (Å²) in [5.41, 5.74) is 46.5. The highest BCUT2D eigenvalue weighted by molar-refractivity contribution is 9.09. The fourth-order valence-electron chi connectivity index (χ4n) is 2.39. The Bertz CT molecular complexity index is 1950. The lowest BCUT2D eigenvalue weighted by molar-refractivity contribution is -0.169. The van der Waals surface area contributed by atoms with Gasteiger partial charge in [0.1, 0.15) is 0 Å². The van der Waals surface area contributed by atoms with Crippen molar-refractivity contribution in [2.75, 3.05) is 92.1 Å². The van der Waals surface area contributed by atoms with Gasteiger partial charge in [-0.15, -0.1) is 0 Å². The lowest BCUT2D eigenvalue weighted by Crippen LogP contribution is -2.31. The molecule has 4 N–H and O–H groups in total. The molecular formula is C34H55BrF6N18O20. The maximum atomic E-state index is 12.6. The topological polar surface area (TPSA) is 583 Å². The Balaban J connectivity index is -0.000000152. The van der Waals surface area contributed by atoms with Crippen LogP contribution < -0.4 is 0 Å². The van der Waals surface area contributed by atoms with Gasteiger partial charge in [-0.25, -0.2) is 40.7 Å². The number of carboxylic acids is 1. The zero-order chi connectivity index (χ0) is 62.5. The van der Waals surface area contributed by atoms with E-state index in [2.05, 4.69) is 119 Å². The van der Waals surface area contributed by atoms with Gasteiger partial charge in [0, 0.05) is 82.3 Å². The SMILES string of the molecule is CC(=O)C(F)OCCN=[N+]=[N-].CC1(C)OO1.CCOC(=O)C(F)Br.CCOC(=O)C(F)OCCN=[N+]=[N-].[N-]=[N+]=NCCO.[N-]=[N+]=NCCOC(F)C(=O)C(O)O.[N-]=[N+]=NCCOC(F)C(=O)C=O.[N-]=[N+]=NCCOC(F)C(=O)O. The van der Waals surface area contributed by atoms with E-state index >= 15 is 0 Å². The molecule has 450 valence electrons. The number of nitrogens with zero attached hydrogens (tertiary/aromatic N) is 18. The van der Waals surface area contributed by atoms with Crippen LogP contribution >= 0.6 is 15.9 Å². The van der Waals surface area contributed by atoms with Crippen LogP contribution in [0, 0.1) is 0 Å². The first-order valence-corrected chi connectivity index (χ1v) is 21.7. The van der Waals surface area contributed by atoms with Crippen molar-refractivity contribution in [2.45, 2.75) is 83.6 Å². The number of alkyl halides is 7. The normalized spacial score (nSPS) is 12.7. The predicted octanol–water partition coefficient (Wildman–Crippen LogP) is 5.14. The van der Waals surface area contributed by atoms with Gasteiger partial charge in [-0.2, -0.15) is 9.78 Å². The van der Waals surface area contributed by atoms with Gasteiger partial charge in [0.15, 0.2) is 12.1 Å². The third-order valence-electron chi connectivity index (χ3n) is 5.54. The number of carbonyl (C=O) groups is 7. The van der Waals surface area contributed by atoms with Crippen LogP contribution in [0.4, 0.5) is 26.3 Å². The van der Waals surface area contributed by atoms with Crippen molar-refractivity contribution >= 4 is 57.5 Å². The van der Waals surface area contributed by atoms with E-state index in [0.29, 0.717) is 0 Å². The van der Waals surface area contributed by atoms with Crippen molar-refractivity contribution in [3.63, 3.8) is 0 Å². The molecule has 79 heavy (non-hydrogen) atoms. The molecule has 1 heterocycles. The smallest absolute Gasteiger partial charge is 0.368 e. The van der Waals surface area contributed by atoms with Crippen LogP contribution in [0.5, 0.6) is 0 Å². The average molecular weight is 1230 g/mol. The number of ketones is 3. The number of aliphatic hydroxyl groups is 3. The second-order valence-electron chi connectivity index (χ2n) is 12.0. The van der Waals surface area contributed by atoms with E-state index in [-0.39, 0.29) is 104 Å². The van der Waals surface area contributed by atoms with Gasteiger partial charge < -0.3 is 53.6 Å². The number of carbonyl (C=O) groups excluding carboxylic acids is 6. The van der Waals surface area contributed by atoms with Crippen molar-refractivity contribution < 1.29 is 123 Å². The summed E-state index contributed by atoms with van der Waals surface area (Å²) in [6.07, 6.45) is -13.6. The number of hydrogen-bond donors (Lipinski definition) is 4. The summed E-state index contributed by atoms with van der Waals surface area (Å²) in [6, 6.07) is 0. The number of halogens is 7. The molecule has 0 aromatic rings. The van der Waals surface area contributed by atoms with Gasteiger partial charge in [0.25, 0.3) is 42.7 Å². The number of ether oxygens (including phenoxy) is 7. The molecule has 38 nitrogen and oxygen atoms in total. The highest BCUT2D eigenvalue weighted by atomic mass is 79.9. The molecule has 1 saturated heterocycles. The zero-order valence-electron chi connectivity index (χ0n) is 42.0. The largest absolute Gasteiger partial charge is 0.477 e. The summed E-state index contributed by atoms with van der Waals surface area (Å²) in [7, 11) is 0. The fraction of sp³-hybridized carbons (Fsp3) is 0.794. The summed E-state index contributed by atoms with van der Waals surface area (Å²) in [4.78, 5) is 94.0. The van der Waals surface area contributed by atoms with Gasteiger partial charge in [0.05, 0.1) is 46.2 Å². The van der Waals surface area contributed by atoms with E-state index in [1.165, 1.54) is 0 Å². The second-order valence-corrected chi connectivity index (χ2v) is 12.8. The highest BCUT2D eigenvalue weighted by Gasteiger charge is 2.36. The van der Waals surface area contributed by atoms with E-state index in [9.17, 15) is 59.9 Å².